The van der Waals surface area contributed by atoms with Crippen LogP contribution in [0, 0.1) is 0 Å². The van der Waals surface area contributed by atoms with E-state index in [1.807, 2.05) is 0 Å². The molecule has 0 bridgehead atoms. The number of halogens is 1. The van der Waals surface area contributed by atoms with Crippen molar-refractivity contribution in [3.8, 4) is 0 Å². The van der Waals surface area contributed by atoms with Crippen LogP contribution in [0.15, 0.2) is 42.5 Å². The molecule has 76 valence electrons. The monoisotopic (exact) mass is 392 g/mol. The fourth-order valence-corrected chi connectivity index (χ4v) is 11.9. The number of alkyl halides is 1. The molecular formula is C12H9BrSe2. The van der Waals surface area contributed by atoms with E-state index < -0.39 is 0 Å². The molecule has 15 heavy (non-hydrogen) atoms. The standard InChI is InChI=1S/C12H9BrSe2/c13-12-9(14-12)6-7-11(10(12)15-11)8-4-2-1-3-5-8/h1-7,9-10H. The van der Waals surface area contributed by atoms with Crippen molar-refractivity contribution < 1.29 is 0 Å². The molecule has 2 saturated heterocycles. The molecule has 0 N–H and O–H groups in total. The second-order valence-electron chi connectivity index (χ2n) is 4.25. The van der Waals surface area contributed by atoms with E-state index in [9.17, 15) is 0 Å². The summed E-state index contributed by atoms with van der Waals surface area (Å²) in [4.78, 5) is 1.84. The van der Waals surface area contributed by atoms with Gasteiger partial charge in [0.2, 0.25) is 0 Å². The van der Waals surface area contributed by atoms with Gasteiger partial charge in [-0.25, -0.2) is 0 Å². The van der Waals surface area contributed by atoms with E-state index in [1.54, 1.807) is 5.56 Å². The van der Waals surface area contributed by atoms with Crippen LogP contribution < -0.4 is 0 Å². The summed E-state index contributed by atoms with van der Waals surface area (Å²) in [5.74, 6) is 0. The average Bonchev–Trinajstić information content (AvgIpc) is 3.11. The zero-order valence-electron chi connectivity index (χ0n) is 7.89. The molecule has 1 aromatic carbocycles. The number of allylic oxidation sites excluding steroid dienone is 2. The third-order valence-electron chi connectivity index (χ3n) is 3.38. The molecule has 0 nitrogen and oxygen atoms in total. The second kappa shape index (κ2) is 2.83. The topological polar surface area (TPSA) is 0 Å². The van der Waals surface area contributed by atoms with Crippen molar-refractivity contribution in [3.05, 3.63) is 48.0 Å². The summed E-state index contributed by atoms with van der Waals surface area (Å²) < 4.78 is 1.02. The molecule has 2 aliphatic heterocycles. The number of benzene rings is 1. The van der Waals surface area contributed by atoms with Crippen molar-refractivity contribution in [2.45, 2.75) is 17.2 Å². The van der Waals surface area contributed by atoms with Crippen molar-refractivity contribution in [3.63, 3.8) is 0 Å². The first-order valence-electron chi connectivity index (χ1n) is 5.05. The number of rotatable bonds is 1. The third-order valence-corrected chi connectivity index (χ3v) is 13.9. The van der Waals surface area contributed by atoms with Crippen LogP contribution in [0.2, 0.25) is 9.63 Å². The van der Waals surface area contributed by atoms with E-state index in [-0.39, 0.29) is 0 Å². The Morgan fingerprint density at radius 3 is 2.73 bits per heavy atom. The molecule has 2 heterocycles. The van der Waals surface area contributed by atoms with Crippen LogP contribution >= 0.6 is 15.9 Å². The molecule has 2 fully saturated rings. The Morgan fingerprint density at radius 1 is 1.13 bits per heavy atom. The molecule has 1 aliphatic carbocycles. The molecule has 1 aromatic rings. The van der Waals surface area contributed by atoms with Gasteiger partial charge in [0.05, 0.1) is 0 Å². The Kier molecular flexibility index (Phi) is 1.79. The molecule has 3 aliphatic rings. The summed E-state index contributed by atoms with van der Waals surface area (Å²) >= 11 is 5.60. The minimum absolute atomic E-state index is 0.465. The van der Waals surface area contributed by atoms with Gasteiger partial charge in [0, 0.05) is 0 Å². The quantitative estimate of drug-likeness (QED) is 0.393. The van der Waals surface area contributed by atoms with Gasteiger partial charge < -0.3 is 0 Å². The summed E-state index contributed by atoms with van der Waals surface area (Å²) in [6, 6.07) is 11.1. The van der Waals surface area contributed by atoms with Gasteiger partial charge in [-0.3, -0.25) is 0 Å². The van der Waals surface area contributed by atoms with Gasteiger partial charge >= 0.3 is 111 Å². The van der Waals surface area contributed by atoms with E-state index in [2.05, 4.69) is 58.4 Å². The van der Waals surface area contributed by atoms with Gasteiger partial charge in [0.25, 0.3) is 0 Å². The molecule has 4 unspecified atom stereocenters. The molecular weight excluding hydrogens is 382 g/mol. The number of hydrogen-bond acceptors (Lipinski definition) is 0. The summed E-state index contributed by atoms with van der Waals surface area (Å²) in [6.07, 6.45) is 5.00. The van der Waals surface area contributed by atoms with Crippen molar-refractivity contribution in [2.24, 2.45) is 0 Å². The van der Waals surface area contributed by atoms with Gasteiger partial charge in [0.1, 0.15) is 0 Å². The van der Waals surface area contributed by atoms with E-state index in [0.717, 1.165) is 39.5 Å². The van der Waals surface area contributed by atoms with Crippen molar-refractivity contribution >= 4 is 45.8 Å². The summed E-state index contributed by atoms with van der Waals surface area (Å²) in [5, 5.41) is 0. The maximum atomic E-state index is 4.00. The second-order valence-corrected chi connectivity index (χ2v) is 12.6. The summed E-state index contributed by atoms with van der Waals surface area (Å²) in [5.41, 5.74) is 1.55. The van der Waals surface area contributed by atoms with Crippen LogP contribution in [0.3, 0.4) is 0 Å². The van der Waals surface area contributed by atoms with Crippen molar-refractivity contribution in [1.29, 1.82) is 0 Å². The Labute approximate surface area is 110 Å². The molecule has 0 radical (unpaired) electrons. The first-order chi connectivity index (χ1) is 7.26. The van der Waals surface area contributed by atoms with Crippen LogP contribution in [0.5, 0.6) is 0 Å². The van der Waals surface area contributed by atoms with Gasteiger partial charge in [-0.1, -0.05) is 0 Å². The van der Waals surface area contributed by atoms with Gasteiger partial charge in [-0.05, 0) is 0 Å². The van der Waals surface area contributed by atoms with Crippen LogP contribution in [0.4, 0.5) is 0 Å². The molecule has 0 aromatic heterocycles. The molecule has 0 spiro atoms. The Balaban J connectivity index is 1.81. The Bertz CT molecular complexity index is 458. The predicted octanol–water partition coefficient (Wildman–Crippen LogP) is 2.56. The minimum atomic E-state index is 0.465. The van der Waals surface area contributed by atoms with Crippen LogP contribution in [0.25, 0.3) is 0 Å². The number of fused-ring (bicyclic) bond motifs is 3. The molecule has 0 amide bonds. The van der Waals surface area contributed by atoms with E-state index in [0.29, 0.717) is 7.54 Å². The van der Waals surface area contributed by atoms with Gasteiger partial charge in [0.15, 0.2) is 0 Å². The fraction of sp³-hybridized carbons (Fsp3) is 0.333. The normalized spacial score (nSPS) is 49.4. The maximum absolute atomic E-state index is 4.00. The Morgan fingerprint density at radius 2 is 1.93 bits per heavy atom. The SMILES string of the molecule is BrC12[Se]C1C=CC1(c3ccccc3)[Se]C12. The summed E-state index contributed by atoms with van der Waals surface area (Å²) in [6.45, 7) is 0. The van der Waals surface area contributed by atoms with Gasteiger partial charge in [-0.15, -0.1) is 0 Å². The first-order valence-corrected chi connectivity index (χ1v) is 9.53. The van der Waals surface area contributed by atoms with E-state index in [1.165, 1.54) is 0 Å². The van der Waals surface area contributed by atoms with Crippen LogP contribution in [-0.4, -0.2) is 33.1 Å². The molecule has 0 saturated carbocycles. The van der Waals surface area contributed by atoms with Crippen molar-refractivity contribution in [1.82, 2.24) is 0 Å². The molecule has 4 atom stereocenters. The van der Waals surface area contributed by atoms with E-state index in [4.69, 9.17) is 0 Å². The Hall–Kier alpha value is 0.479. The van der Waals surface area contributed by atoms with Gasteiger partial charge in [-0.2, -0.15) is 0 Å². The molecule has 4 rings (SSSR count). The zero-order chi connectivity index (χ0) is 10.1. The van der Waals surface area contributed by atoms with Crippen molar-refractivity contribution in [2.75, 3.05) is 0 Å². The zero-order valence-corrected chi connectivity index (χ0v) is 12.9. The average molecular weight is 391 g/mol. The fourth-order valence-electron chi connectivity index (χ4n) is 2.45. The number of hydrogen-bond donors (Lipinski definition) is 0. The van der Waals surface area contributed by atoms with Crippen LogP contribution in [-0.2, 0) is 4.31 Å². The first kappa shape index (κ1) is 9.50. The van der Waals surface area contributed by atoms with E-state index >= 15 is 0 Å². The third kappa shape index (κ3) is 1.14. The summed E-state index contributed by atoms with van der Waals surface area (Å²) in [7, 11) is 0. The molecule has 3 heteroatoms. The van der Waals surface area contributed by atoms with Crippen LogP contribution in [0.1, 0.15) is 5.56 Å². The predicted molar refractivity (Wildman–Crippen MR) is 67.9 cm³/mol.